The topological polar surface area (TPSA) is 97.7 Å². The van der Waals surface area contributed by atoms with Crippen LogP contribution in [0.3, 0.4) is 0 Å². The minimum atomic E-state index is -3.75. The van der Waals surface area contributed by atoms with Crippen LogP contribution >= 0.6 is 0 Å². The van der Waals surface area contributed by atoms with E-state index in [1.165, 1.54) is 6.92 Å². The second-order valence-corrected chi connectivity index (χ2v) is 6.99. The number of carbonyl (C=O) groups excluding carboxylic acids is 1. The Morgan fingerprint density at radius 2 is 1.76 bits per heavy atom. The van der Waals surface area contributed by atoms with E-state index in [0.29, 0.717) is 0 Å². The number of rotatable bonds is 5. The van der Waals surface area contributed by atoms with Crippen LogP contribution < -0.4 is 0 Å². The Morgan fingerprint density at radius 1 is 1.29 bits per heavy atom. The quantitative estimate of drug-likeness (QED) is 0.726. The number of carbonyl (C=O) groups is 2. The molecule has 0 aromatic heterocycles. The highest BCUT2D eigenvalue weighted by atomic mass is 32.2. The fourth-order valence-corrected chi connectivity index (χ4v) is 2.50. The highest BCUT2D eigenvalue weighted by Crippen LogP contribution is 2.09. The van der Waals surface area contributed by atoms with Gasteiger partial charge in [-0.15, -0.1) is 0 Å². The average Bonchev–Trinajstić information content (AvgIpc) is 1.96. The molecule has 0 saturated heterocycles. The van der Waals surface area contributed by atoms with Gasteiger partial charge in [-0.3, -0.25) is 9.59 Å². The fourth-order valence-electron chi connectivity index (χ4n) is 1.06. The summed E-state index contributed by atoms with van der Waals surface area (Å²) in [6.45, 7) is 6.14. The summed E-state index contributed by atoms with van der Waals surface area (Å²) in [6.07, 6.45) is 0. The molecule has 0 radical (unpaired) electrons. The molecule has 7 heteroatoms. The zero-order chi connectivity index (χ0) is 13.9. The highest BCUT2D eigenvalue weighted by Gasteiger charge is 2.26. The molecule has 0 aliphatic rings. The molecule has 100 valence electrons. The van der Waals surface area contributed by atoms with Crippen molar-refractivity contribution in [2.75, 3.05) is 11.5 Å². The molecule has 0 heterocycles. The zero-order valence-electron chi connectivity index (χ0n) is 10.4. The molecule has 1 N–H and O–H groups in total. The molecule has 0 rings (SSSR count). The van der Waals surface area contributed by atoms with E-state index in [0.717, 1.165) is 0 Å². The molecule has 0 spiro atoms. The van der Waals surface area contributed by atoms with Crippen molar-refractivity contribution in [2.24, 2.45) is 5.92 Å². The molecule has 0 aromatic rings. The standard InChI is InChI=1S/C10H18O6S/c1-7(9(12)13)5-17(14,15)6-8(11)16-10(2,3)4/h7H,5-6H2,1-4H3,(H,12,13). The van der Waals surface area contributed by atoms with Gasteiger partial charge in [0.1, 0.15) is 11.4 Å². The molecule has 0 aromatic carbocycles. The second kappa shape index (κ2) is 5.48. The Hall–Kier alpha value is -1.11. The molecule has 1 atom stereocenters. The minimum absolute atomic E-state index is 0.568. The number of carboxylic acid groups (broad SMARTS) is 1. The molecular formula is C10H18O6S. The SMILES string of the molecule is CC(CS(=O)(=O)CC(=O)OC(C)(C)C)C(=O)O. The number of sulfone groups is 1. The van der Waals surface area contributed by atoms with Crippen LogP contribution in [0.25, 0.3) is 0 Å². The summed E-state index contributed by atoms with van der Waals surface area (Å²) in [4.78, 5) is 21.8. The first-order chi connectivity index (χ1) is 7.43. The highest BCUT2D eigenvalue weighted by molar-refractivity contribution is 7.92. The maximum absolute atomic E-state index is 11.5. The number of esters is 1. The Labute approximate surface area is 101 Å². The molecule has 6 nitrogen and oxygen atoms in total. The number of aliphatic carboxylic acids is 1. The van der Waals surface area contributed by atoms with Gasteiger partial charge < -0.3 is 9.84 Å². The van der Waals surface area contributed by atoms with Gasteiger partial charge in [-0.05, 0) is 20.8 Å². The lowest BCUT2D eigenvalue weighted by Gasteiger charge is -2.19. The first-order valence-corrected chi connectivity index (χ1v) is 6.90. The van der Waals surface area contributed by atoms with Crippen molar-refractivity contribution >= 4 is 21.8 Å². The molecule has 0 aliphatic heterocycles. The third kappa shape index (κ3) is 7.73. The lowest BCUT2D eigenvalue weighted by Crippen LogP contribution is -2.31. The van der Waals surface area contributed by atoms with Gasteiger partial charge in [0.05, 0.1) is 11.7 Å². The molecule has 0 amide bonds. The molecular weight excluding hydrogens is 248 g/mol. The zero-order valence-corrected chi connectivity index (χ0v) is 11.2. The maximum Gasteiger partial charge on any atom is 0.321 e. The number of ether oxygens (including phenoxy) is 1. The van der Waals surface area contributed by atoms with E-state index in [1.807, 2.05) is 0 Å². The third-order valence-corrected chi connectivity index (χ3v) is 3.37. The Morgan fingerprint density at radius 3 is 2.12 bits per heavy atom. The van der Waals surface area contributed by atoms with Crippen LogP contribution in [0.15, 0.2) is 0 Å². The summed E-state index contributed by atoms with van der Waals surface area (Å²) < 4.78 is 27.8. The molecule has 0 fully saturated rings. The Kier molecular flexibility index (Phi) is 5.12. The van der Waals surface area contributed by atoms with Crippen LogP contribution in [-0.2, 0) is 24.2 Å². The van der Waals surface area contributed by atoms with Crippen molar-refractivity contribution in [1.29, 1.82) is 0 Å². The number of hydrogen-bond donors (Lipinski definition) is 1. The predicted octanol–water partition coefficient (Wildman–Crippen LogP) is 0.464. The van der Waals surface area contributed by atoms with E-state index in [-0.39, 0.29) is 0 Å². The van der Waals surface area contributed by atoms with Crippen LogP contribution in [0.2, 0.25) is 0 Å². The largest absolute Gasteiger partial charge is 0.481 e. The van der Waals surface area contributed by atoms with Crippen molar-refractivity contribution in [2.45, 2.75) is 33.3 Å². The minimum Gasteiger partial charge on any atom is -0.481 e. The van der Waals surface area contributed by atoms with Gasteiger partial charge in [0.2, 0.25) is 0 Å². The van der Waals surface area contributed by atoms with Crippen molar-refractivity contribution in [1.82, 2.24) is 0 Å². The van der Waals surface area contributed by atoms with E-state index < -0.39 is 44.8 Å². The lowest BCUT2D eigenvalue weighted by atomic mass is 10.2. The van der Waals surface area contributed by atoms with Gasteiger partial charge >= 0.3 is 11.9 Å². The van der Waals surface area contributed by atoms with E-state index in [1.54, 1.807) is 20.8 Å². The van der Waals surface area contributed by atoms with Crippen LogP contribution in [0, 0.1) is 5.92 Å². The molecule has 1 unspecified atom stereocenters. The molecule has 17 heavy (non-hydrogen) atoms. The van der Waals surface area contributed by atoms with Crippen molar-refractivity contribution in [3.05, 3.63) is 0 Å². The number of carboxylic acids is 1. The van der Waals surface area contributed by atoms with E-state index in [4.69, 9.17) is 9.84 Å². The van der Waals surface area contributed by atoms with E-state index in [2.05, 4.69) is 0 Å². The summed E-state index contributed by atoms with van der Waals surface area (Å²) in [6, 6.07) is 0. The summed E-state index contributed by atoms with van der Waals surface area (Å²) in [5.41, 5.74) is -0.759. The van der Waals surface area contributed by atoms with Gasteiger partial charge in [-0.1, -0.05) is 6.92 Å². The fraction of sp³-hybridized carbons (Fsp3) is 0.800. The first kappa shape index (κ1) is 15.9. The third-order valence-electron chi connectivity index (χ3n) is 1.68. The van der Waals surface area contributed by atoms with Gasteiger partial charge in [-0.25, -0.2) is 8.42 Å². The smallest absolute Gasteiger partial charge is 0.321 e. The summed E-state index contributed by atoms with van der Waals surface area (Å²) in [7, 11) is -3.75. The van der Waals surface area contributed by atoms with Gasteiger partial charge in [0.15, 0.2) is 9.84 Å². The van der Waals surface area contributed by atoms with Crippen molar-refractivity contribution in [3.8, 4) is 0 Å². The van der Waals surface area contributed by atoms with Crippen molar-refractivity contribution < 1.29 is 27.9 Å². The molecule has 0 bridgehead atoms. The summed E-state index contributed by atoms with van der Waals surface area (Å²) in [5, 5.41) is 8.59. The first-order valence-electron chi connectivity index (χ1n) is 5.08. The Balaban J connectivity index is 4.47. The monoisotopic (exact) mass is 266 g/mol. The average molecular weight is 266 g/mol. The van der Waals surface area contributed by atoms with Crippen molar-refractivity contribution in [3.63, 3.8) is 0 Å². The Bertz CT molecular complexity index is 390. The van der Waals surface area contributed by atoms with Crippen LogP contribution in [-0.4, -0.2) is 42.6 Å². The lowest BCUT2D eigenvalue weighted by molar-refractivity contribution is -0.151. The van der Waals surface area contributed by atoms with Gasteiger partial charge in [-0.2, -0.15) is 0 Å². The second-order valence-electron chi connectivity index (χ2n) is 4.88. The normalized spacial score (nSPS) is 14.1. The maximum atomic E-state index is 11.5. The molecule has 0 saturated carbocycles. The van der Waals surface area contributed by atoms with Gasteiger partial charge in [0.25, 0.3) is 0 Å². The molecule has 0 aliphatic carbocycles. The van der Waals surface area contributed by atoms with Crippen LogP contribution in [0.1, 0.15) is 27.7 Å². The van der Waals surface area contributed by atoms with Crippen LogP contribution in [0.4, 0.5) is 0 Å². The summed E-state index contributed by atoms with van der Waals surface area (Å²) in [5.74, 6) is -4.47. The number of hydrogen-bond acceptors (Lipinski definition) is 5. The van der Waals surface area contributed by atoms with Crippen LogP contribution in [0.5, 0.6) is 0 Å². The van der Waals surface area contributed by atoms with E-state index in [9.17, 15) is 18.0 Å². The predicted molar refractivity (Wildman–Crippen MR) is 61.3 cm³/mol. The van der Waals surface area contributed by atoms with Gasteiger partial charge in [0, 0.05) is 0 Å². The summed E-state index contributed by atoms with van der Waals surface area (Å²) >= 11 is 0. The van der Waals surface area contributed by atoms with E-state index >= 15 is 0 Å².